The van der Waals surface area contributed by atoms with E-state index in [0.29, 0.717) is 5.02 Å². The Labute approximate surface area is 175 Å². The van der Waals surface area contributed by atoms with Gasteiger partial charge >= 0.3 is 5.97 Å². The van der Waals surface area contributed by atoms with E-state index < -0.39 is 5.97 Å². The molecule has 29 heavy (non-hydrogen) atoms. The van der Waals surface area contributed by atoms with Crippen LogP contribution in [-0.2, 0) is 20.7 Å². The first-order valence-corrected chi connectivity index (χ1v) is 9.74. The number of hydrogen-bond acceptors (Lipinski definition) is 3. The van der Waals surface area contributed by atoms with E-state index in [-0.39, 0.29) is 25.0 Å². The molecular formula is C24H22ClNO3. The fraction of sp³-hybridized carbons (Fsp3) is 0.167. The summed E-state index contributed by atoms with van der Waals surface area (Å²) in [6, 6.07) is 24.8. The lowest BCUT2D eigenvalue weighted by Gasteiger charge is -2.14. The third kappa shape index (κ3) is 6.19. The summed E-state index contributed by atoms with van der Waals surface area (Å²) >= 11 is 5.97. The minimum atomic E-state index is -0.442. The Morgan fingerprint density at radius 1 is 0.931 bits per heavy atom. The molecule has 0 radical (unpaired) electrons. The number of benzene rings is 3. The number of hydrogen-bond donors (Lipinski definition) is 1. The SMILES string of the molecule is C[C@H](NC(=O)COC(=O)Cc1ccc(-c2ccccc2)cc1)c1cccc(Cl)c1. The van der Waals surface area contributed by atoms with Crippen LogP contribution in [0, 0.1) is 0 Å². The molecule has 0 bridgehead atoms. The van der Waals surface area contributed by atoms with E-state index >= 15 is 0 Å². The second-order valence-corrected chi connectivity index (χ2v) is 7.18. The highest BCUT2D eigenvalue weighted by Gasteiger charge is 2.13. The third-order valence-corrected chi connectivity index (χ3v) is 4.74. The Kier molecular flexibility index (Phi) is 7.04. The molecule has 0 fully saturated rings. The number of rotatable bonds is 7. The number of halogens is 1. The molecule has 3 aromatic carbocycles. The minimum absolute atomic E-state index is 0.117. The van der Waals surface area contributed by atoms with Crippen molar-refractivity contribution >= 4 is 23.5 Å². The van der Waals surface area contributed by atoms with Gasteiger partial charge < -0.3 is 10.1 Å². The normalized spacial score (nSPS) is 11.5. The number of carbonyl (C=O) groups excluding carboxylic acids is 2. The van der Waals surface area contributed by atoms with Crippen LogP contribution in [0.4, 0.5) is 0 Å². The standard InChI is InChI=1S/C24H22ClNO3/c1-17(21-8-5-9-22(25)15-21)26-23(27)16-29-24(28)14-18-10-12-20(13-11-18)19-6-3-2-4-7-19/h2-13,15,17H,14,16H2,1H3,(H,26,27)/t17-/m0/s1. The highest BCUT2D eigenvalue weighted by molar-refractivity contribution is 6.30. The van der Waals surface area contributed by atoms with Gasteiger partial charge in [0.05, 0.1) is 12.5 Å². The van der Waals surface area contributed by atoms with Crippen LogP contribution in [0.25, 0.3) is 11.1 Å². The predicted molar refractivity (Wildman–Crippen MR) is 115 cm³/mol. The average Bonchev–Trinajstić information content (AvgIpc) is 2.73. The van der Waals surface area contributed by atoms with Crippen molar-refractivity contribution in [2.75, 3.05) is 6.61 Å². The highest BCUT2D eigenvalue weighted by atomic mass is 35.5. The Morgan fingerprint density at radius 3 is 2.31 bits per heavy atom. The summed E-state index contributed by atoms with van der Waals surface area (Å²) in [5.41, 5.74) is 3.92. The molecule has 0 saturated carbocycles. The summed E-state index contributed by atoms with van der Waals surface area (Å²) in [7, 11) is 0. The Hall–Kier alpha value is -3.11. The van der Waals surface area contributed by atoms with Crippen molar-refractivity contribution in [3.05, 3.63) is 95.0 Å². The van der Waals surface area contributed by atoms with Crippen LogP contribution in [0.3, 0.4) is 0 Å². The molecule has 0 aliphatic rings. The molecule has 148 valence electrons. The molecule has 3 rings (SSSR count). The molecule has 0 saturated heterocycles. The van der Waals surface area contributed by atoms with Gasteiger partial charge in [-0.15, -0.1) is 0 Å². The Balaban J connectivity index is 1.46. The quantitative estimate of drug-likeness (QED) is 0.562. The Morgan fingerprint density at radius 2 is 1.62 bits per heavy atom. The third-order valence-electron chi connectivity index (χ3n) is 4.50. The maximum absolute atomic E-state index is 12.1. The molecule has 0 aromatic heterocycles. The zero-order valence-corrected chi connectivity index (χ0v) is 16.9. The molecule has 1 atom stereocenters. The van der Waals surface area contributed by atoms with Crippen LogP contribution < -0.4 is 5.32 Å². The lowest BCUT2D eigenvalue weighted by Crippen LogP contribution is -2.31. The fourth-order valence-corrected chi connectivity index (χ4v) is 3.15. The van der Waals surface area contributed by atoms with E-state index in [1.807, 2.05) is 73.7 Å². The highest BCUT2D eigenvalue weighted by Crippen LogP contribution is 2.20. The van der Waals surface area contributed by atoms with Crippen molar-refractivity contribution in [3.63, 3.8) is 0 Å². The predicted octanol–water partition coefficient (Wildman–Crippen LogP) is 4.97. The van der Waals surface area contributed by atoms with Gasteiger partial charge in [-0.2, -0.15) is 0 Å². The van der Waals surface area contributed by atoms with E-state index in [4.69, 9.17) is 16.3 Å². The smallest absolute Gasteiger partial charge is 0.310 e. The van der Waals surface area contributed by atoms with Crippen LogP contribution in [-0.4, -0.2) is 18.5 Å². The van der Waals surface area contributed by atoms with E-state index in [0.717, 1.165) is 22.3 Å². The molecule has 3 aromatic rings. The number of ether oxygens (including phenoxy) is 1. The maximum atomic E-state index is 12.1. The first kappa shape index (κ1) is 20.6. The number of amides is 1. The van der Waals surface area contributed by atoms with Gasteiger partial charge in [0.15, 0.2) is 6.61 Å². The summed E-state index contributed by atoms with van der Waals surface area (Å²) in [5.74, 6) is -0.798. The molecule has 0 aliphatic heterocycles. The summed E-state index contributed by atoms with van der Waals surface area (Å²) in [6.07, 6.45) is 0.117. The van der Waals surface area contributed by atoms with Crippen LogP contribution in [0.2, 0.25) is 5.02 Å². The van der Waals surface area contributed by atoms with Gasteiger partial charge in [0.2, 0.25) is 0 Å². The van der Waals surface area contributed by atoms with Crippen LogP contribution in [0.15, 0.2) is 78.9 Å². The molecule has 4 nitrogen and oxygen atoms in total. The van der Waals surface area contributed by atoms with E-state index in [9.17, 15) is 9.59 Å². The van der Waals surface area contributed by atoms with Crippen molar-refractivity contribution < 1.29 is 14.3 Å². The van der Waals surface area contributed by atoms with Gasteiger partial charge in [-0.3, -0.25) is 9.59 Å². The van der Waals surface area contributed by atoms with Crippen LogP contribution >= 0.6 is 11.6 Å². The van der Waals surface area contributed by atoms with Crippen molar-refractivity contribution in [1.82, 2.24) is 5.32 Å². The van der Waals surface area contributed by atoms with Crippen molar-refractivity contribution in [2.45, 2.75) is 19.4 Å². The zero-order valence-electron chi connectivity index (χ0n) is 16.1. The summed E-state index contributed by atoms with van der Waals surface area (Å²) in [5, 5.41) is 3.40. The topological polar surface area (TPSA) is 55.4 Å². The van der Waals surface area contributed by atoms with Gasteiger partial charge in [-0.25, -0.2) is 0 Å². The van der Waals surface area contributed by atoms with Crippen molar-refractivity contribution in [1.29, 1.82) is 0 Å². The molecule has 0 spiro atoms. The van der Waals surface area contributed by atoms with E-state index in [1.165, 1.54) is 0 Å². The van der Waals surface area contributed by atoms with Gasteiger partial charge in [-0.1, -0.05) is 78.3 Å². The lowest BCUT2D eigenvalue weighted by atomic mass is 10.0. The number of carbonyl (C=O) groups is 2. The largest absolute Gasteiger partial charge is 0.455 e. The molecular weight excluding hydrogens is 386 g/mol. The van der Waals surface area contributed by atoms with Gasteiger partial charge in [-0.05, 0) is 41.3 Å². The molecule has 1 amide bonds. The maximum Gasteiger partial charge on any atom is 0.310 e. The molecule has 1 N–H and O–H groups in total. The Bertz CT molecular complexity index is 971. The van der Waals surface area contributed by atoms with Crippen molar-refractivity contribution in [2.24, 2.45) is 0 Å². The molecule has 5 heteroatoms. The van der Waals surface area contributed by atoms with Crippen molar-refractivity contribution in [3.8, 4) is 11.1 Å². The number of nitrogens with one attached hydrogen (secondary N) is 1. The second kappa shape index (κ2) is 9.89. The van der Waals surface area contributed by atoms with E-state index in [2.05, 4.69) is 5.32 Å². The summed E-state index contributed by atoms with van der Waals surface area (Å²) in [4.78, 5) is 24.1. The van der Waals surface area contributed by atoms with Gasteiger partial charge in [0.1, 0.15) is 0 Å². The number of esters is 1. The van der Waals surface area contributed by atoms with Gasteiger partial charge in [0, 0.05) is 5.02 Å². The molecule has 0 heterocycles. The fourth-order valence-electron chi connectivity index (χ4n) is 2.95. The first-order valence-electron chi connectivity index (χ1n) is 9.36. The summed E-state index contributed by atoms with van der Waals surface area (Å²) in [6.45, 7) is 1.53. The van der Waals surface area contributed by atoms with Crippen LogP contribution in [0.5, 0.6) is 0 Å². The second-order valence-electron chi connectivity index (χ2n) is 6.74. The van der Waals surface area contributed by atoms with Gasteiger partial charge in [0.25, 0.3) is 5.91 Å². The lowest BCUT2D eigenvalue weighted by molar-refractivity contribution is -0.148. The summed E-state index contributed by atoms with van der Waals surface area (Å²) < 4.78 is 5.11. The monoisotopic (exact) mass is 407 g/mol. The van der Waals surface area contributed by atoms with E-state index in [1.54, 1.807) is 12.1 Å². The first-order chi connectivity index (χ1) is 14.0. The minimum Gasteiger partial charge on any atom is -0.455 e. The molecule has 0 unspecified atom stereocenters. The average molecular weight is 408 g/mol. The van der Waals surface area contributed by atoms with Crippen LogP contribution in [0.1, 0.15) is 24.1 Å². The molecule has 0 aliphatic carbocycles. The zero-order chi connectivity index (χ0) is 20.6.